The number of anilines is 1. The lowest BCUT2D eigenvalue weighted by Crippen LogP contribution is -2.35. The maximum atomic E-state index is 5.71. The zero-order valence-electron chi connectivity index (χ0n) is 16.3. The van der Waals surface area contributed by atoms with Crippen molar-refractivity contribution >= 4 is 11.5 Å². The fourth-order valence-electron chi connectivity index (χ4n) is 3.54. The van der Waals surface area contributed by atoms with Crippen LogP contribution in [0.25, 0.3) is 5.65 Å². The first kappa shape index (κ1) is 17.9. The molecule has 1 saturated heterocycles. The van der Waals surface area contributed by atoms with Crippen LogP contribution in [0.2, 0.25) is 0 Å². The molecule has 0 bridgehead atoms. The Kier molecular flexibility index (Phi) is 5.07. The number of nitrogens with one attached hydrogen (secondary N) is 1. The summed E-state index contributed by atoms with van der Waals surface area (Å²) in [7, 11) is 0. The van der Waals surface area contributed by atoms with E-state index in [0.29, 0.717) is 5.92 Å². The normalized spacial score (nSPS) is 16.3. The molecule has 3 aromatic heterocycles. The second kappa shape index (κ2) is 7.64. The van der Waals surface area contributed by atoms with Crippen molar-refractivity contribution in [1.82, 2.24) is 29.7 Å². The van der Waals surface area contributed by atoms with Crippen LogP contribution >= 0.6 is 0 Å². The van der Waals surface area contributed by atoms with Gasteiger partial charge in [0, 0.05) is 13.0 Å². The average Bonchev–Trinajstić information content (AvgIpc) is 3.23. The van der Waals surface area contributed by atoms with E-state index in [1.807, 2.05) is 30.5 Å². The first-order chi connectivity index (χ1) is 13.1. The van der Waals surface area contributed by atoms with Crippen molar-refractivity contribution in [2.45, 2.75) is 46.6 Å². The highest BCUT2D eigenvalue weighted by molar-refractivity contribution is 5.43. The molecule has 0 atom stereocenters. The number of hydrogen-bond donors (Lipinski definition) is 1. The van der Waals surface area contributed by atoms with Gasteiger partial charge in [-0.1, -0.05) is 6.92 Å². The van der Waals surface area contributed by atoms with Crippen molar-refractivity contribution < 1.29 is 4.42 Å². The van der Waals surface area contributed by atoms with Gasteiger partial charge in [0.25, 0.3) is 0 Å². The summed E-state index contributed by atoms with van der Waals surface area (Å²) in [5.74, 6) is 4.18. The molecule has 8 heteroatoms. The molecule has 1 aliphatic rings. The summed E-state index contributed by atoms with van der Waals surface area (Å²) in [6.07, 6.45) is 3.15. The van der Waals surface area contributed by atoms with Crippen LogP contribution in [0.15, 0.2) is 16.5 Å². The SMILES string of the molecule is CCc1nnc2ccc(NCC3CCN(Cc4nc(C)c(C)o4)CC3)nn12. The lowest BCUT2D eigenvalue weighted by Gasteiger charge is -2.31. The molecule has 0 spiro atoms. The smallest absolute Gasteiger partial charge is 0.208 e. The summed E-state index contributed by atoms with van der Waals surface area (Å²) in [6.45, 7) is 9.92. The second-order valence-corrected chi connectivity index (χ2v) is 7.31. The topological polar surface area (TPSA) is 84.4 Å². The Morgan fingerprint density at radius 3 is 2.70 bits per heavy atom. The third-order valence-electron chi connectivity index (χ3n) is 5.35. The van der Waals surface area contributed by atoms with Gasteiger partial charge in [-0.2, -0.15) is 4.52 Å². The van der Waals surface area contributed by atoms with Gasteiger partial charge in [0.1, 0.15) is 11.6 Å². The number of piperidine rings is 1. The van der Waals surface area contributed by atoms with Gasteiger partial charge in [0.2, 0.25) is 5.89 Å². The van der Waals surface area contributed by atoms with Gasteiger partial charge in [0.05, 0.1) is 12.2 Å². The molecule has 0 radical (unpaired) electrons. The molecule has 27 heavy (non-hydrogen) atoms. The molecule has 0 amide bonds. The van der Waals surface area contributed by atoms with E-state index in [2.05, 4.69) is 37.4 Å². The fraction of sp³-hybridized carbons (Fsp3) is 0.579. The van der Waals surface area contributed by atoms with Crippen LogP contribution in [0.4, 0.5) is 5.82 Å². The summed E-state index contributed by atoms with van der Waals surface area (Å²) in [5.41, 5.74) is 1.79. The molecule has 1 N–H and O–H groups in total. The van der Waals surface area contributed by atoms with Gasteiger partial charge in [0.15, 0.2) is 11.5 Å². The van der Waals surface area contributed by atoms with Crippen molar-refractivity contribution in [3.05, 3.63) is 35.3 Å². The van der Waals surface area contributed by atoms with E-state index in [-0.39, 0.29) is 0 Å². The molecule has 0 saturated carbocycles. The van der Waals surface area contributed by atoms with Crippen molar-refractivity contribution in [3.8, 4) is 0 Å². The van der Waals surface area contributed by atoms with Crippen molar-refractivity contribution in [2.24, 2.45) is 5.92 Å². The Morgan fingerprint density at radius 2 is 2.00 bits per heavy atom. The maximum absolute atomic E-state index is 5.71. The maximum Gasteiger partial charge on any atom is 0.208 e. The first-order valence-corrected chi connectivity index (χ1v) is 9.73. The number of hydrogen-bond acceptors (Lipinski definition) is 7. The Bertz CT molecular complexity index is 889. The highest BCUT2D eigenvalue weighted by Gasteiger charge is 2.21. The number of nitrogens with zero attached hydrogens (tertiary/aromatic N) is 6. The zero-order valence-corrected chi connectivity index (χ0v) is 16.3. The van der Waals surface area contributed by atoms with E-state index in [0.717, 1.165) is 67.2 Å². The minimum Gasteiger partial charge on any atom is -0.444 e. The molecule has 144 valence electrons. The minimum absolute atomic E-state index is 0.651. The Balaban J connectivity index is 1.28. The number of aryl methyl sites for hydroxylation is 3. The first-order valence-electron chi connectivity index (χ1n) is 9.73. The van der Waals surface area contributed by atoms with Crippen LogP contribution in [0.3, 0.4) is 0 Å². The number of aromatic nitrogens is 5. The quantitative estimate of drug-likeness (QED) is 0.715. The van der Waals surface area contributed by atoms with Gasteiger partial charge in [-0.05, 0) is 57.8 Å². The van der Waals surface area contributed by atoms with Crippen molar-refractivity contribution in [1.29, 1.82) is 0 Å². The van der Waals surface area contributed by atoms with E-state index < -0.39 is 0 Å². The average molecular weight is 369 g/mol. The van der Waals surface area contributed by atoms with Crippen LogP contribution in [-0.2, 0) is 13.0 Å². The molecule has 4 rings (SSSR count). The van der Waals surface area contributed by atoms with Crippen LogP contribution in [0.5, 0.6) is 0 Å². The summed E-state index contributed by atoms with van der Waals surface area (Å²) in [5, 5.41) is 16.4. The van der Waals surface area contributed by atoms with Crippen LogP contribution in [0.1, 0.15) is 42.9 Å². The van der Waals surface area contributed by atoms with Gasteiger partial charge >= 0.3 is 0 Å². The number of likely N-dealkylation sites (tertiary alicyclic amines) is 1. The molecule has 1 fully saturated rings. The Hall–Kier alpha value is -2.48. The third-order valence-corrected chi connectivity index (χ3v) is 5.35. The van der Waals surface area contributed by atoms with Crippen molar-refractivity contribution in [2.75, 3.05) is 25.0 Å². The molecular weight excluding hydrogens is 342 g/mol. The lowest BCUT2D eigenvalue weighted by atomic mass is 9.97. The molecule has 4 heterocycles. The van der Waals surface area contributed by atoms with E-state index in [9.17, 15) is 0 Å². The molecule has 0 unspecified atom stereocenters. The molecule has 3 aromatic rings. The number of rotatable bonds is 6. The molecule has 1 aliphatic heterocycles. The molecule has 8 nitrogen and oxygen atoms in total. The second-order valence-electron chi connectivity index (χ2n) is 7.31. The van der Waals surface area contributed by atoms with E-state index in [1.54, 1.807) is 0 Å². The number of fused-ring (bicyclic) bond motifs is 1. The Morgan fingerprint density at radius 1 is 1.19 bits per heavy atom. The van der Waals surface area contributed by atoms with Crippen molar-refractivity contribution in [3.63, 3.8) is 0 Å². The Labute approximate surface area is 159 Å². The highest BCUT2D eigenvalue weighted by atomic mass is 16.4. The zero-order chi connectivity index (χ0) is 18.8. The van der Waals surface area contributed by atoms with Gasteiger partial charge in [-0.25, -0.2) is 4.98 Å². The van der Waals surface area contributed by atoms with E-state index in [4.69, 9.17) is 4.42 Å². The predicted molar refractivity (Wildman–Crippen MR) is 103 cm³/mol. The standard InChI is InChI=1S/C19H27N7O/c1-4-17-22-23-18-6-5-16(24-26(17)18)20-11-15-7-9-25(10-8-15)12-19-21-13(2)14(3)27-19/h5-6,15H,4,7-12H2,1-3H3,(H,20,24). The van der Waals surface area contributed by atoms with Crippen LogP contribution in [-0.4, -0.2) is 49.3 Å². The lowest BCUT2D eigenvalue weighted by molar-refractivity contribution is 0.167. The van der Waals surface area contributed by atoms with Gasteiger partial charge < -0.3 is 9.73 Å². The third kappa shape index (κ3) is 3.95. The molecular formula is C19H27N7O. The number of oxazole rings is 1. The largest absolute Gasteiger partial charge is 0.444 e. The minimum atomic E-state index is 0.651. The van der Waals surface area contributed by atoms with Crippen LogP contribution in [0, 0.1) is 19.8 Å². The highest BCUT2D eigenvalue weighted by Crippen LogP contribution is 2.20. The fourth-order valence-corrected chi connectivity index (χ4v) is 3.54. The summed E-state index contributed by atoms with van der Waals surface area (Å²) in [6, 6.07) is 3.94. The summed E-state index contributed by atoms with van der Waals surface area (Å²) in [4.78, 5) is 6.92. The molecule has 0 aliphatic carbocycles. The molecule has 0 aromatic carbocycles. The predicted octanol–water partition coefficient (Wildman–Crippen LogP) is 2.62. The monoisotopic (exact) mass is 369 g/mol. The van der Waals surface area contributed by atoms with E-state index in [1.165, 1.54) is 12.8 Å². The van der Waals surface area contributed by atoms with Crippen LogP contribution < -0.4 is 5.32 Å². The van der Waals surface area contributed by atoms with E-state index >= 15 is 0 Å². The summed E-state index contributed by atoms with van der Waals surface area (Å²) < 4.78 is 7.54. The summed E-state index contributed by atoms with van der Waals surface area (Å²) >= 11 is 0. The van der Waals surface area contributed by atoms with Gasteiger partial charge in [-0.15, -0.1) is 15.3 Å². The van der Waals surface area contributed by atoms with Gasteiger partial charge in [-0.3, -0.25) is 4.90 Å².